The van der Waals surface area contributed by atoms with Crippen molar-refractivity contribution in [1.82, 2.24) is 10.6 Å². The second kappa shape index (κ2) is 6.04. The molecule has 1 aliphatic heterocycles. The lowest BCUT2D eigenvalue weighted by molar-refractivity contribution is -0.120. The Morgan fingerprint density at radius 3 is 2.68 bits per heavy atom. The van der Waals surface area contributed by atoms with E-state index in [2.05, 4.69) is 10.6 Å². The van der Waals surface area contributed by atoms with Crippen LogP contribution in [0.1, 0.15) is 18.4 Å². The van der Waals surface area contributed by atoms with E-state index in [1.54, 1.807) is 7.11 Å². The zero-order chi connectivity index (χ0) is 13.7. The molecule has 0 aliphatic carbocycles. The molecule has 3 N–H and O–H groups in total. The highest BCUT2D eigenvalue weighted by Crippen LogP contribution is 2.19. The van der Waals surface area contributed by atoms with Gasteiger partial charge in [-0.25, -0.2) is 0 Å². The van der Waals surface area contributed by atoms with Crippen LogP contribution in [-0.2, 0) is 11.3 Å². The molecule has 0 aromatic heterocycles. The lowest BCUT2D eigenvalue weighted by atomic mass is 9.98. The molecule has 1 amide bonds. The van der Waals surface area contributed by atoms with Crippen LogP contribution in [0.25, 0.3) is 0 Å². The van der Waals surface area contributed by atoms with Crippen LogP contribution in [0, 0.1) is 0 Å². The number of ether oxygens (including phenoxy) is 1. The third-order valence-corrected chi connectivity index (χ3v) is 3.49. The Labute approximate surface area is 113 Å². The fourth-order valence-corrected chi connectivity index (χ4v) is 2.27. The molecule has 104 valence electrons. The van der Waals surface area contributed by atoms with E-state index in [9.17, 15) is 9.90 Å². The summed E-state index contributed by atoms with van der Waals surface area (Å²) in [5.41, 5.74) is 0.641. The summed E-state index contributed by atoms with van der Waals surface area (Å²) >= 11 is 0. The van der Waals surface area contributed by atoms with Gasteiger partial charge in [-0.1, -0.05) is 12.1 Å². The summed E-state index contributed by atoms with van der Waals surface area (Å²) in [6.07, 6.45) is 1.17. The van der Waals surface area contributed by atoms with Gasteiger partial charge >= 0.3 is 0 Å². The smallest absolute Gasteiger partial charge is 0.220 e. The Morgan fingerprint density at radius 1 is 1.42 bits per heavy atom. The molecule has 1 aromatic carbocycles. The van der Waals surface area contributed by atoms with Gasteiger partial charge in [-0.3, -0.25) is 4.79 Å². The normalized spacial score (nSPS) is 22.3. The van der Waals surface area contributed by atoms with Crippen LogP contribution in [0.4, 0.5) is 0 Å². The number of hydrogen-bond acceptors (Lipinski definition) is 4. The first-order valence-electron chi connectivity index (χ1n) is 6.43. The number of carbonyl (C=O) groups is 1. The molecule has 1 saturated heterocycles. The van der Waals surface area contributed by atoms with Crippen LogP contribution in [0.3, 0.4) is 0 Å². The van der Waals surface area contributed by atoms with Crippen molar-refractivity contribution in [1.29, 1.82) is 0 Å². The third kappa shape index (κ3) is 3.45. The number of rotatable bonds is 6. The molecule has 19 heavy (non-hydrogen) atoms. The van der Waals surface area contributed by atoms with E-state index in [1.807, 2.05) is 24.3 Å². The van der Waals surface area contributed by atoms with Crippen LogP contribution in [-0.4, -0.2) is 36.8 Å². The first kappa shape index (κ1) is 13.8. The number of aliphatic hydroxyl groups excluding tert-OH is 1. The van der Waals surface area contributed by atoms with Crippen molar-refractivity contribution in [2.75, 3.05) is 20.3 Å². The maximum Gasteiger partial charge on any atom is 0.220 e. The van der Waals surface area contributed by atoms with Crippen LogP contribution in [0.2, 0.25) is 0 Å². The van der Waals surface area contributed by atoms with Gasteiger partial charge in [-0.15, -0.1) is 0 Å². The SMILES string of the molecule is COc1ccc(CNCC2(CO)CCC(=O)N2)cc1. The van der Waals surface area contributed by atoms with Crippen LogP contribution in [0.15, 0.2) is 24.3 Å². The minimum atomic E-state index is -0.496. The molecule has 2 rings (SSSR count). The largest absolute Gasteiger partial charge is 0.497 e. The number of aliphatic hydroxyl groups is 1. The van der Waals surface area contributed by atoms with E-state index in [0.29, 0.717) is 25.9 Å². The minimum Gasteiger partial charge on any atom is -0.497 e. The summed E-state index contributed by atoms with van der Waals surface area (Å²) in [7, 11) is 1.64. The predicted molar refractivity (Wildman–Crippen MR) is 71.9 cm³/mol. The van der Waals surface area contributed by atoms with Crippen molar-refractivity contribution in [3.63, 3.8) is 0 Å². The van der Waals surface area contributed by atoms with Crippen molar-refractivity contribution in [2.24, 2.45) is 0 Å². The average molecular weight is 264 g/mol. The monoisotopic (exact) mass is 264 g/mol. The number of methoxy groups -OCH3 is 1. The molecule has 1 fully saturated rings. The Kier molecular flexibility index (Phi) is 4.39. The lowest BCUT2D eigenvalue weighted by Gasteiger charge is -2.27. The standard InChI is InChI=1S/C14H20N2O3/c1-19-12-4-2-11(3-5-12)8-15-9-14(10-17)7-6-13(18)16-14/h2-5,15,17H,6-10H2,1H3,(H,16,18). The Balaban J connectivity index is 1.83. The Bertz CT molecular complexity index is 433. The van der Waals surface area contributed by atoms with Crippen LogP contribution < -0.4 is 15.4 Å². The van der Waals surface area contributed by atoms with E-state index >= 15 is 0 Å². The number of carbonyl (C=O) groups excluding carboxylic acids is 1. The average Bonchev–Trinajstić information content (AvgIpc) is 2.82. The maximum atomic E-state index is 11.3. The molecule has 1 atom stereocenters. The van der Waals surface area contributed by atoms with Crippen molar-refractivity contribution in [2.45, 2.75) is 24.9 Å². The molecular formula is C14H20N2O3. The van der Waals surface area contributed by atoms with E-state index in [4.69, 9.17) is 4.74 Å². The van der Waals surface area contributed by atoms with E-state index in [0.717, 1.165) is 11.3 Å². The second-order valence-electron chi connectivity index (χ2n) is 4.94. The molecule has 1 aliphatic rings. The highest BCUT2D eigenvalue weighted by Gasteiger charge is 2.36. The molecule has 0 bridgehead atoms. The second-order valence-corrected chi connectivity index (χ2v) is 4.94. The van der Waals surface area contributed by atoms with Crippen LogP contribution >= 0.6 is 0 Å². The molecule has 1 unspecified atom stereocenters. The van der Waals surface area contributed by atoms with E-state index in [-0.39, 0.29) is 12.5 Å². The van der Waals surface area contributed by atoms with Crippen molar-refractivity contribution in [3.05, 3.63) is 29.8 Å². The lowest BCUT2D eigenvalue weighted by Crippen LogP contribution is -2.52. The summed E-state index contributed by atoms with van der Waals surface area (Å²) in [5, 5.41) is 15.6. The van der Waals surface area contributed by atoms with Crippen molar-refractivity contribution >= 4 is 5.91 Å². The molecule has 0 saturated carbocycles. The van der Waals surface area contributed by atoms with E-state index < -0.39 is 5.54 Å². The summed E-state index contributed by atoms with van der Waals surface area (Å²) in [6.45, 7) is 1.23. The van der Waals surface area contributed by atoms with Gasteiger partial charge in [-0.05, 0) is 24.1 Å². The summed E-state index contributed by atoms with van der Waals surface area (Å²) in [5.74, 6) is 0.846. The van der Waals surface area contributed by atoms with Gasteiger partial charge < -0.3 is 20.5 Å². The summed E-state index contributed by atoms with van der Waals surface area (Å²) in [4.78, 5) is 11.3. The van der Waals surface area contributed by atoms with Crippen LogP contribution in [0.5, 0.6) is 5.75 Å². The highest BCUT2D eigenvalue weighted by molar-refractivity contribution is 5.79. The zero-order valence-electron chi connectivity index (χ0n) is 11.1. The molecular weight excluding hydrogens is 244 g/mol. The van der Waals surface area contributed by atoms with Gasteiger partial charge in [0.05, 0.1) is 19.3 Å². The number of amides is 1. The molecule has 0 radical (unpaired) electrons. The van der Waals surface area contributed by atoms with Crippen molar-refractivity contribution < 1.29 is 14.6 Å². The highest BCUT2D eigenvalue weighted by atomic mass is 16.5. The fraction of sp³-hybridized carbons (Fsp3) is 0.500. The molecule has 5 heteroatoms. The van der Waals surface area contributed by atoms with Gasteiger partial charge in [-0.2, -0.15) is 0 Å². The molecule has 0 spiro atoms. The predicted octanol–water partition coefficient (Wildman–Crippen LogP) is 0.426. The van der Waals surface area contributed by atoms with Gasteiger partial charge in [0.1, 0.15) is 5.75 Å². The molecule has 5 nitrogen and oxygen atoms in total. The number of nitrogens with one attached hydrogen (secondary N) is 2. The zero-order valence-corrected chi connectivity index (χ0v) is 11.1. The minimum absolute atomic E-state index is 0.0142. The first-order chi connectivity index (χ1) is 9.17. The third-order valence-electron chi connectivity index (χ3n) is 3.49. The maximum absolute atomic E-state index is 11.3. The molecule has 1 aromatic rings. The summed E-state index contributed by atoms with van der Waals surface area (Å²) in [6, 6.07) is 7.81. The fourth-order valence-electron chi connectivity index (χ4n) is 2.27. The van der Waals surface area contributed by atoms with Gasteiger partial charge in [0.2, 0.25) is 5.91 Å². The van der Waals surface area contributed by atoms with E-state index in [1.165, 1.54) is 0 Å². The van der Waals surface area contributed by atoms with Gasteiger partial charge in [0, 0.05) is 19.5 Å². The van der Waals surface area contributed by atoms with Gasteiger partial charge in [0.15, 0.2) is 0 Å². The first-order valence-corrected chi connectivity index (χ1v) is 6.43. The van der Waals surface area contributed by atoms with Crippen molar-refractivity contribution in [3.8, 4) is 5.75 Å². The number of hydrogen-bond donors (Lipinski definition) is 3. The quantitative estimate of drug-likeness (QED) is 0.696. The topological polar surface area (TPSA) is 70.6 Å². The number of benzene rings is 1. The molecule has 1 heterocycles. The Morgan fingerprint density at radius 2 is 2.16 bits per heavy atom. The Hall–Kier alpha value is -1.59. The summed E-state index contributed by atoms with van der Waals surface area (Å²) < 4.78 is 5.10. The van der Waals surface area contributed by atoms with Gasteiger partial charge in [0.25, 0.3) is 0 Å².